The molecule has 0 spiro atoms. The summed E-state index contributed by atoms with van der Waals surface area (Å²) in [5, 5.41) is 0. The lowest BCUT2D eigenvalue weighted by Crippen LogP contribution is -2.38. The largest absolute Gasteiger partial charge is 0.454 e. The van der Waals surface area contributed by atoms with Crippen LogP contribution in [0, 0.1) is 11.8 Å². The molecule has 0 unspecified atom stereocenters. The number of Topliss-reactive ketones (excluding diaryl/α,β-unsaturated/α-hetero) is 1. The van der Waals surface area contributed by atoms with Crippen LogP contribution in [-0.4, -0.2) is 46.8 Å². The van der Waals surface area contributed by atoms with Gasteiger partial charge in [0.05, 0.1) is 24.9 Å². The zero-order chi connectivity index (χ0) is 21.3. The summed E-state index contributed by atoms with van der Waals surface area (Å²) < 4.78 is 11.7. The molecule has 2 aromatic rings. The van der Waals surface area contributed by atoms with Gasteiger partial charge in [0.1, 0.15) is 5.78 Å². The second kappa shape index (κ2) is 6.90. The third-order valence-electron chi connectivity index (χ3n) is 6.81. The van der Waals surface area contributed by atoms with E-state index in [1.807, 2.05) is 36.4 Å². The van der Waals surface area contributed by atoms with Crippen molar-refractivity contribution in [3.8, 4) is 11.5 Å². The molecule has 2 aromatic carbocycles. The first-order valence-corrected chi connectivity index (χ1v) is 11.1. The number of benzene rings is 2. The number of likely N-dealkylation sites (tertiary alicyclic amines) is 1. The number of hydrogen-bond donors (Lipinski definition) is 0. The van der Waals surface area contributed by atoms with Gasteiger partial charge >= 0.3 is 0 Å². The van der Waals surface area contributed by atoms with Crippen molar-refractivity contribution in [1.82, 2.24) is 9.80 Å². The number of amides is 2. The Morgan fingerprint density at radius 2 is 1.68 bits per heavy atom. The van der Waals surface area contributed by atoms with Gasteiger partial charge < -0.3 is 9.47 Å². The van der Waals surface area contributed by atoms with Crippen molar-refractivity contribution in [2.24, 2.45) is 11.8 Å². The quantitative estimate of drug-likeness (QED) is 0.626. The average molecular weight is 483 g/mol. The van der Waals surface area contributed by atoms with Crippen LogP contribution in [0.3, 0.4) is 0 Å². The molecular weight excluding hydrogens is 464 g/mol. The lowest BCUT2D eigenvalue weighted by molar-refractivity contribution is -0.142. The second-order valence-corrected chi connectivity index (χ2v) is 9.40. The van der Waals surface area contributed by atoms with Crippen LogP contribution in [-0.2, 0) is 20.9 Å². The summed E-state index contributed by atoms with van der Waals surface area (Å²) in [4.78, 5) is 42.6. The molecule has 6 rings (SSSR count). The highest BCUT2D eigenvalue weighted by atomic mass is 79.9. The third kappa shape index (κ3) is 2.85. The number of rotatable bonds is 3. The van der Waals surface area contributed by atoms with Crippen molar-refractivity contribution in [3.05, 3.63) is 58.1 Å². The van der Waals surface area contributed by atoms with E-state index in [1.165, 1.54) is 4.90 Å². The van der Waals surface area contributed by atoms with Crippen LogP contribution in [0.5, 0.6) is 11.5 Å². The maximum Gasteiger partial charge on any atom is 0.235 e. The number of ketones is 1. The number of hydrogen-bond acceptors (Lipinski definition) is 6. The van der Waals surface area contributed by atoms with Gasteiger partial charge in [-0.2, -0.15) is 0 Å². The first-order chi connectivity index (χ1) is 15.0. The molecule has 31 heavy (non-hydrogen) atoms. The summed E-state index contributed by atoms with van der Waals surface area (Å²) in [6.07, 6.45) is 0.324. The molecule has 7 nitrogen and oxygen atoms in total. The number of nitrogens with zero attached hydrogens (tertiary/aromatic N) is 2. The topological polar surface area (TPSA) is 76.1 Å². The van der Waals surface area contributed by atoms with E-state index in [0.717, 1.165) is 15.6 Å². The molecule has 0 aliphatic carbocycles. The number of ether oxygens (including phenoxy) is 2. The first-order valence-electron chi connectivity index (χ1n) is 10.3. The summed E-state index contributed by atoms with van der Waals surface area (Å²) in [5.41, 5.74) is 1.77. The fourth-order valence-corrected chi connectivity index (χ4v) is 5.79. The van der Waals surface area contributed by atoms with E-state index in [1.54, 1.807) is 6.07 Å². The van der Waals surface area contributed by atoms with E-state index in [4.69, 9.17) is 9.47 Å². The molecule has 0 saturated carbocycles. The fraction of sp³-hybridized carbons (Fsp3) is 0.348. The minimum absolute atomic E-state index is 0.125. The molecule has 0 aromatic heterocycles. The summed E-state index contributed by atoms with van der Waals surface area (Å²) in [6, 6.07) is 12.8. The molecule has 3 saturated heterocycles. The molecule has 0 radical (unpaired) electrons. The van der Waals surface area contributed by atoms with Crippen molar-refractivity contribution in [2.45, 2.75) is 25.0 Å². The van der Waals surface area contributed by atoms with E-state index in [2.05, 4.69) is 20.8 Å². The van der Waals surface area contributed by atoms with E-state index < -0.39 is 11.8 Å². The Hall–Kier alpha value is -2.71. The van der Waals surface area contributed by atoms with Gasteiger partial charge in [0.25, 0.3) is 0 Å². The standard InChI is InChI=1S/C23H19BrN2O5/c24-14-4-2-13(3-5-14)21-20-19(16-8-15(27)10-25(16)21)22(28)26(23(20)29)9-12-1-6-17-18(7-12)31-11-30-17/h1-7,16,19-21H,8-11H2/t16-,19-,20-,21-/m0/s1. The highest BCUT2D eigenvalue weighted by molar-refractivity contribution is 9.10. The first kappa shape index (κ1) is 19.0. The summed E-state index contributed by atoms with van der Waals surface area (Å²) >= 11 is 3.45. The van der Waals surface area contributed by atoms with Crippen LogP contribution in [0.2, 0.25) is 0 Å². The average Bonchev–Trinajstić information content (AvgIpc) is 3.48. The van der Waals surface area contributed by atoms with Crippen molar-refractivity contribution < 1.29 is 23.9 Å². The molecule has 4 aliphatic heterocycles. The van der Waals surface area contributed by atoms with Crippen LogP contribution in [0.4, 0.5) is 0 Å². The zero-order valence-electron chi connectivity index (χ0n) is 16.5. The monoisotopic (exact) mass is 482 g/mol. The second-order valence-electron chi connectivity index (χ2n) is 8.48. The molecule has 2 amide bonds. The van der Waals surface area contributed by atoms with Crippen LogP contribution in [0.1, 0.15) is 23.6 Å². The smallest absolute Gasteiger partial charge is 0.235 e. The highest BCUT2D eigenvalue weighted by Gasteiger charge is 2.64. The van der Waals surface area contributed by atoms with Gasteiger partial charge in [0.2, 0.25) is 18.6 Å². The molecule has 4 heterocycles. The number of carbonyl (C=O) groups excluding carboxylic acids is 3. The predicted molar refractivity (Wildman–Crippen MR) is 112 cm³/mol. The SMILES string of the molecule is O=C1C[C@H]2[C@@H]3C(=O)N(Cc4ccc5c(c4)OCO5)C(=O)[C@@H]3[C@H](c3ccc(Br)cc3)N2C1. The Morgan fingerprint density at radius 3 is 2.48 bits per heavy atom. The van der Waals surface area contributed by atoms with Crippen LogP contribution in [0.25, 0.3) is 0 Å². The zero-order valence-corrected chi connectivity index (χ0v) is 18.1. The van der Waals surface area contributed by atoms with Crippen molar-refractivity contribution in [2.75, 3.05) is 13.3 Å². The lowest BCUT2D eigenvalue weighted by Gasteiger charge is -2.28. The number of imide groups is 1. The summed E-state index contributed by atoms with van der Waals surface area (Å²) in [7, 11) is 0. The Morgan fingerprint density at radius 1 is 0.935 bits per heavy atom. The molecule has 0 N–H and O–H groups in total. The minimum Gasteiger partial charge on any atom is -0.454 e. The lowest BCUT2D eigenvalue weighted by atomic mass is 9.85. The summed E-state index contributed by atoms with van der Waals surface area (Å²) in [6.45, 7) is 0.654. The number of halogens is 1. The Kier molecular flexibility index (Phi) is 4.23. The summed E-state index contributed by atoms with van der Waals surface area (Å²) in [5.74, 6) is 0.106. The van der Waals surface area contributed by atoms with Crippen molar-refractivity contribution >= 4 is 33.5 Å². The van der Waals surface area contributed by atoms with E-state index in [9.17, 15) is 14.4 Å². The Balaban J connectivity index is 1.34. The van der Waals surface area contributed by atoms with Gasteiger partial charge in [0, 0.05) is 23.0 Å². The van der Waals surface area contributed by atoms with Crippen molar-refractivity contribution in [3.63, 3.8) is 0 Å². The van der Waals surface area contributed by atoms with Gasteiger partial charge in [-0.25, -0.2) is 0 Å². The maximum absolute atomic E-state index is 13.5. The van der Waals surface area contributed by atoms with E-state index in [0.29, 0.717) is 24.5 Å². The molecule has 158 valence electrons. The Labute approximate surface area is 187 Å². The Bertz CT molecular complexity index is 1120. The third-order valence-corrected chi connectivity index (χ3v) is 7.34. The van der Waals surface area contributed by atoms with E-state index >= 15 is 0 Å². The molecule has 3 fully saturated rings. The van der Waals surface area contributed by atoms with Gasteiger partial charge in [-0.05, 0) is 35.4 Å². The molecule has 0 bridgehead atoms. The molecule has 4 atom stereocenters. The van der Waals surface area contributed by atoms with Crippen LogP contribution >= 0.6 is 15.9 Å². The van der Waals surface area contributed by atoms with E-state index in [-0.39, 0.29) is 43.0 Å². The van der Waals surface area contributed by atoms with Gasteiger partial charge in [0.15, 0.2) is 11.5 Å². The predicted octanol–water partition coefficient (Wildman–Crippen LogP) is 2.68. The van der Waals surface area contributed by atoms with Crippen LogP contribution in [0.15, 0.2) is 46.9 Å². The fourth-order valence-electron chi connectivity index (χ4n) is 5.53. The van der Waals surface area contributed by atoms with Gasteiger partial charge in [-0.15, -0.1) is 0 Å². The van der Waals surface area contributed by atoms with Gasteiger partial charge in [-0.1, -0.05) is 34.1 Å². The van der Waals surface area contributed by atoms with Crippen LogP contribution < -0.4 is 9.47 Å². The normalized spacial score (nSPS) is 29.1. The maximum atomic E-state index is 13.5. The number of carbonyl (C=O) groups is 3. The molecule has 4 aliphatic rings. The molecule has 8 heteroatoms. The van der Waals surface area contributed by atoms with Gasteiger partial charge in [-0.3, -0.25) is 24.2 Å². The highest BCUT2D eigenvalue weighted by Crippen LogP contribution is 2.52. The number of fused-ring (bicyclic) bond motifs is 4. The van der Waals surface area contributed by atoms with Crippen molar-refractivity contribution in [1.29, 1.82) is 0 Å². The minimum atomic E-state index is -0.485. The molecular formula is C23H19BrN2O5.